The van der Waals surface area contributed by atoms with Crippen LogP contribution < -0.4 is 5.73 Å². The van der Waals surface area contributed by atoms with Gasteiger partial charge < -0.3 is 10.8 Å². The molecule has 5 heteroatoms. The Morgan fingerprint density at radius 1 is 1.50 bits per heavy atom. The molecule has 1 aromatic rings. The van der Waals surface area contributed by atoms with E-state index in [-0.39, 0.29) is 6.61 Å². The smallest absolute Gasteiger partial charge is 0.187 e. The van der Waals surface area contributed by atoms with Crippen molar-refractivity contribution in [1.82, 2.24) is 9.97 Å². The van der Waals surface area contributed by atoms with E-state index in [0.29, 0.717) is 5.25 Å². The van der Waals surface area contributed by atoms with Gasteiger partial charge in [0, 0.05) is 23.2 Å². The highest BCUT2D eigenvalue weighted by atomic mass is 32.2. The fourth-order valence-electron chi connectivity index (χ4n) is 2.08. The molecule has 1 saturated carbocycles. The number of nitrogens with zero attached hydrogens (tertiary/aromatic N) is 2. The summed E-state index contributed by atoms with van der Waals surface area (Å²) < 4.78 is 0. The number of hydrogen-bond donors (Lipinski definition) is 2. The summed E-state index contributed by atoms with van der Waals surface area (Å²) in [6.45, 7) is 0.0692. The maximum Gasteiger partial charge on any atom is 0.187 e. The van der Waals surface area contributed by atoms with Gasteiger partial charge in [0.1, 0.15) is 0 Å². The lowest BCUT2D eigenvalue weighted by Gasteiger charge is -2.35. The number of nitrogens with two attached hydrogens (primary N) is 1. The number of rotatable bonds is 3. The fourth-order valence-corrected chi connectivity index (χ4v) is 3.32. The Labute approximate surface area is 99.7 Å². The molecule has 0 amide bonds. The molecule has 1 aromatic heterocycles. The van der Waals surface area contributed by atoms with E-state index < -0.39 is 5.54 Å². The number of hydrogen-bond acceptors (Lipinski definition) is 5. The van der Waals surface area contributed by atoms with Crippen molar-refractivity contribution >= 4 is 11.8 Å². The van der Waals surface area contributed by atoms with Gasteiger partial charge in [-0.3, -0.25) is 0 Å². The number of thioether (sulfide) groups is 1. The number of aliphatic hydroxyl groups excluding tert-OH is 1. The van der Waals surface area contributed by atoms with Gasteiger partial charge in [0.15, 0.2) is 5.16 Å². The lowest BCUT2D eigenvalue weighted by atomic mass is 9.83. The highest BCUT2D eigenvalue weighted by Crippen LogP contribution is 2.35. The molecule has 1 aliphatic rings. The molecule has 4 nitrogen and oxygen atoms in total. The third kappa shape index (κ3) is 2.93. The quantitative estimate of drug-likeness (QED) is 0.775. The van der Waals surface area contributed by atoms with Crippen LogP contribution in [-0.4, -0.2) is 32.5 Å². The maximum atomic E-state index is 9.27. The van der Waals surface area contributed by atoms with Crippen molar-refractivity contribution < 1.29 is 5.11 Å². The van der Waals surface area contributed by atoms with Gasteiger partial charge >= 0.3 is 0 Å². The van der Waals surface area contributed by atoms with Gasteiger partial charge in [-0.2, -0.15) is 0 Å². The lowest BCUT2D eigenvalue weighted by Crippen LogP contribution is -2.48. The van der Waals surface area contributed by atoms with Gasteiger partial charge in [-0.15, -0.1) is 0 Å². The normalized spacial score (nSPS) is 30.2. The molecule has 0 saturated heterocycles. The Bertz CT molecular complexity index is 335. The Kier molecular flexibility index (Phi) is 3.78. The monoisotopic (exact) mass is 239 g/mol. The van der Waals surface area contributed by atoms with Crippen LogP contribution in [0.15, 0.2) is 23.6 Å². The molecule has 1 heterocycles. The van der Waals surface area contributed by atoms with E-state index in [9.17, 15) is 5.11 Å². The molecule has 0 aliphatic heterocycles. The average molecular weight is 239 g/mol. The molecule has 0 aromatic carbocycles. The average Bonchev–Trinajstić information content (AvgIpc) is 2.30. The van der Waals surface area contributed by atoms with E-state index in [1.807, 2.05) is 6.07 Å². The van der Waals surface area contributed by atoms with Crippen LogP contribution in [0.1, 0.15) is 25.7 Å². The van der Waals surface area contributed by atoms with Crippen LogP contribution in [0, 0.1) is 0 Å². The van der Waals surface area contributed by atoms with Crippen molar-refractivity contribution in [2.24, 2.45) is 5.73 Å². The van der Waals surface area contributed by atoms with E-state index in [1.165, 1.54) is 0 Å². The first-order valence-electron chi connectivity index (χ1n) is 5.55. The fraction of sp³-hybridized carbons (Fsp3) is 0.636. The second-order valence-electron chi connectivity index (χ2n) is 4.39. The van der Waals surface area contributed by atoms with Crippen molar-refractivity contribution in [2.45, 2.75) is 41.6 Å². The van der Waals surface area contributed by atoms with E-state index in [1.54, 1.807) is 24.2 Å². The molecule has 3 N–H and O–H groups in total. The first-order valence-corrected chi connectivity index (χ1v) is 6.43. The van der Waals surface area contributed by atoms with Crippen LogP contribution in [-0.2, 0) is 0 Å². The van der Waals surface area contributed by atoms with Crippen LogP contribution in [0.3, 0.4) is 0 Å². The zero-order valence-electron chi connectivity index (χ0n) is 9.17. The van der Waals surface area contributed by atoms with E-state index >= 15 is 0 Å². The zero-order valence-corrected chi connectivity index (χ0v) is 9.99. The van der Waals surface area contributed by atoms with Crippen molar-refractivity contribution in [3.05, 3.63) is 18.5 Å². The van der Waals surface area contributed by atoms with Crippen LogP contribution in [0.4, 0.5) is 0 Å². The van der Waals surface area contributed by atoms with Crippen LogP contribution >= 0.6 is 11.8 Å². The number of aliphatic hydroxyl groups is 1. The molecular formula is C11H17N3OS. The van der Waals surface area contributed by atoms with Crippen LogP contribution in [0.25, 0.3) is 0 Å². The predicted molar refractivity (Wildman–Crippen MR) is 64.1 cm³/mol. The number of aromatic nitrogens is 2. The standard InChI is InChI=1S/C11H17N3OS/c12-11(8-15)4-1-3-9(7-11)16-10-13-5-2-6-14-10/h2,5-6,9,15H,1,3-4,7-8,12H2. The first kappa shape index (κ1) is 11.8. The minimum absolute atomic E-state index is 0.0692. The second kappa shape index (κ2) is 5.12. The van der Waals surface area contributed by atoms with Crippen molar-refractivity contribution in [3.63, 3.8) is 0 Å². The molecule has 0 bridgehead atoms. The molecule has 88 valence electrons. The van der Waals surface area contributed by atoms with E-state index in [2.05, 4.69) is 9.97 Å². The van der Waals surface area contributed by atoms with Gasteiger partial charge in [0.05, 0.1) is 6.61 Å². The van der Waals surface area contributed by atoms with Gasteiger partial charge in [0.25, 0.3) is 0 Å². The molecule has 2 rings (SSSR count). The van der Waals surface area contributed by atoms with Crippen molar-refractivity contribution in [2.75, 3.05) is 6.61 Å². The molecule has 16 heavy (non-hydrogen) atoms. The lowest BCUT2D eigenvalue weighted by molar-refractivity contribution is 0.159. The molecule has 0 spiro atoms. The van der Waals surface area contributed by atoms with Gasteiger partial charge in [-0.1, -0.05) is 18.2 Å². The summed E-state index contributed by atoms with van der Waals surface area (Å²) in [4.78, 5) is 8.39. The van der Waals surface area contributed by atoms with E-state index in [0.717, 1.165) is 30.8 Å². The summed E-state index contributed by atoms with van der Waals surface area (Å²) in [6, 6.07) is 1.81. The Hall–Kier alpha value is -0.650. The Morgan fingerprint density at radius 3 is 2.94 bits per heavy atom. The van der Waals surface area contributed by atoms with Gasteiger partial charge in [-0.05, 0) is 25.3 Å². The summed E-state index contributed by atoms with van der Waals surface area (Å²) >= 11 is 1.67. The summed E-state index contributed by atoms with van der Waals surface area (Å²) in [5, 5.41) is 10.5. The van der Waals surface area contributed by atoms with Gasteiger partial charge in [-0.25, -0.2) is 9.97 Å². The molecule has 0 radical (unpaired) electrons. The predicted octanol–water partition coefficient (Wildman–Crippen LogP) is 1.20. The Morgan fingerprint density at radius 2 is 2.25 bits per heavy atom. The molecule has 2 atom stereocenters. The van der Waals surface area contributed by atoms with E-state index in [4.69, 9.17) is 5.73 Å². The minimum Gasteiger partial charge on any atom is -0.394 e. The van der Waals surface area contributed by atoms with Gasteiger partial charge in [0.2, 0.25) is 0 Å². The maximum absolute atomic E-state index is 9.27. The summed E-state index contributed by atoms with van der Waals surface area (Å²) in [6.07, 6.45) is 7.45. The SMILES string of the molecule is NC1(CO)CCCC(Sc2ncccn2)C1. The summed E-state index contributed by atoms with van der Waals surface area (Å²) in [5.74, 6) is 0. The third-order valence-electron chi connectivity index (χ3n) is 2.96. The molecular weight excluding hydrogens is 222 g/mol. The van der Waals surface area contributed by atoms with Crippen molar-refractivity contribution in [1.29, 1.82) is 0 Å². The Balaban J connectivity index is 1.96. The highest BCUT2D eigenvalue weighted by molar-refractivity contribution is 7.99. The topological polar surface area (TPSA) is 72.0 Å². The third-order valence-corrected chi connectivity index (χ3v) is 4.12. The molecule has 2 unspecified atom stereocenters. The largest absolute Gasteiger partial charge is 0.394 e. The molecule has 1 fully saturated rings. The highest BCUT2D eigenvalue weighted by Gasteiger charge is 2.32. The second-order valence-corrected chi connectivity index (χ2v) is 5.66. The summed E-state index contributed by atoms with van der Waals surface area (Å²) in [7, 11) is 0. The summed E-state index contributed by atoms with van der Waals surface area (Å²) in [5.41, 5.74) is 5.70. The van der Waals surface area contributed by atoms with Crippen LogP contribution in [0.5, 0.6) is 0 Å². The first-order chi connectivity index (χ1) is 7.72. The van der Waals surface area contributed by atoms with Crippen molar-refractivity contribution in [3.8, 4) is 0 Å². The minimum atomic E-state index is -0.398. The van der Waals surface area contributed by atoms with Crippen LogP contribution in [0.2, 0.25) is 0 Å². The molecule has 1 aliphatic carbocycles. The zero-order chi connectivity index (χ0) is 11.4.